The molecule has 0 saturated heterocycles. The van der Waals surface area contributed by atoms with Crippen molar-refractivity contribution < 1.29 is 19.1 Å². The molecule has 10 heteroatoms. The highest BCUT2D eigenvalue weighted by molar-refractivity contribution is 6.34. The predicted octanol–water partition coefficient (Wildman–Crippen LogP) is 3.96. The molecule has 0 radical (unpaired) electrons. The van der Waals surface area contributed by atoms with Crippen LogP contribution in [0, 0.1) is 6.92 Å². The van der Waals surface area contributed by atoms with E-state index < -0.39 is 12.0 Å². The molecule has 1 atom stereocenters. The summed E-state index contributed by atoms with van der Waals surface area (Å²) in [4.78, 5) is 41.6. The van der Waals surface area contributed by atoms with Crippen LogP contribution in [0.1, 0.15) is 35.5 Å². The van der Waals surface area contributed by atoms with E-state index in [1.54, 1.807) is 45.8 Å². The van der Waals surface area contributed by atoms with E-state index in [4.69, 9.17) is 16.3 Å². The summed E-state index contributed by atoms with van der Waals surface area (Å²) in [5.74, 6) is -0.772. The Morgan fingerprint density at radius 3 is 2.64 bits per heavy atom. The maximum atomic E-state index is 13.7. The van der Waals surface area contributed by atoms with E-state index in [1.165, 1.54) is 0 Å². The van der Waals surface area contributed by atoms with Crippen molar-refractivity contribution in [1.29, 1.82) is 0 Å². The molecule has 0 saturated carbocycles. The second-order valence-electron chi connectivity index (χ2n) is 8.53. The Bertz CT molecular complexity index is 1290. The second kappa shape index (κ2) is 10.8. The van der Waals surface area contributed by atoms with Crippen molar-refractivity contribution in [2.75, 3.05) is 24.6 Å². The van der Waals surface area contributed by atoms with Gasteiger partial charge in [0.15, 0.2) is 0 Å². The van der Waals surface area contributed by atoms with Crippen LogP contribution >= 0.6 is 11.6 Å². The van der Waals surface area contributed by atoms with Crippen molar-refractivity contribution in [1.82, 2.24) is 20.0 Å². The van der Waals surface area contributed by atoms with Crippen LogP contribution in [0.2, 0.25) is 5.02 Å². The molecule has 188 valence electrons. The van der Waals surface area contributed by atoms with Gasteiger partial charge in [0, 0.05) is 36.7 Å². The number of para-hydroxylation sites is 1. The van der Waals surface area contributed by atoms with Gasteiger partial charge in [-0.2, -0.15) is 5.10 Å². The number of carbonyl (C=O) groups excluding carboxylic acids is 3. The average molecular weight is 510 g/mol. The predicted molar refractivity (Wildman–Crippen MR) is 136 cm³/mol. The monoisotopic (exact) mass is 509 g/mol. The Morgan fingerprint density at radius 1 is 1.17 bits per heavy atom. The number of amides is 3. The summed E-state index contributed by atoms with van der Waals surface area (Å²) >= 11 is 6.59. The van der Waals surface area contributed by atoms with E-state index in [2.05, 4.69) is 10.4 Å². The topological polar surface area (TPSA) is 96.8 Å². The number of benzene rings is 2. The minimum atomic E-state index is -0.506. The first kappa shape index (κ1) is 25.2. The Balaban J connectivity index is 1.60. The fourth-order valence-corrected chi connectivity index (χ4v) is 4.48. The molecule has 1 N–H and O–H groups in total. The molecule has 1 aliphatic rings. The summed E-state index contributed by atoms with van der Waals surface area (Å²) in [6.07, 6.45) is 1.70. The molecule has 0 fully saturated rings. The van der Waals surface area contributed by atoms with E-state index in [9.17, 15) is 14.4 Å². The standard InChI is InChI=1S/C26H28ClN5O4/c1-4-36-24(33)14-28-26(35)30-16-19-7-5-6-8-23(19)31(15-18(30)3)25(34)21-10-9-20(13-22(21)27)32-17(2)11-12-29-32/h5-13,18H,4,14-16H2,1-3H3,(H,28,35)/t18-/m1/s1. The normalized spacial score (nSPS) is 15.2. The van der Waals surface area contributed by atoms with E-state index in [0.717, 1.165) is 16.9 Å². The molecule has 0 spiro atoms. The lowest BCUT2D eigenvalue weighted by Crippen LogP contribution is -2.49. The number of urea groups is 1. The zero-order valence-corrected chi connectivity index (χ0v) is 21.2. The second-order valence-corrected chi connectivity index (χ2v) is 8.94. The number of halogens is 1. The van der Waals surface area contributed by atoms with Crippen LogP contribution in [-0.4, -0.2) is 58.3 Å². The number of nitrogens with one attached hydrogen (secondary N) is 1. The van der Waals surface area contributed by atoms with Crippen LogP contribution < -0.4 is 10.2 Å². The molecular formula is C26H28ClN5O4. The van der Waals surface area contributed by atoms with Crippen molar-refractivity contribution in [2.45, 2.75) is 33.4 Å². The quantitative estimate of drug-likeness (QED) is 0.525. The number of carbonyl (C=O) groups is 3. The third-order valence-electron chi connectivity index (χ3n) is 6.06. The fourth-order valence-electron chi connectivity index (χ4n) is 4.23. The number of anilines is 1. The zero-order chi connectivity index (χ0) is 25.8. The number of ether oxygens (including phenoxy) is 1. The van der Waals surface area contributed by atoms with Crippen molar-refractivity contribution in [3.05, 3.63) is 76.6 Å². The van der Waals surface area contributed by atoms with E-state index in [-0.39, 0.29) is 38.2 Å². The zero-order valence-electron chi connectivity index (χ0n) is 20.4. The first-order valence-corrected chi connectivity index (χ1v) is 12.1. The number of aromatic nitrogens is 2. The molecule has 2 heterocycles. The van der Waals surface area contributed by atoms with Gasteiger partial charge in [-0.1, -0.05) is 29.8 Å². The fraction of sp³-hybridized carbons (Fsp3) is 0.308. The molecule has 3 amide bonds. The van der Waals surface area contributed by atoms with E-state index in [1.807, 2.05) is 44.2 Å². The van der Waals surface area contributed by atoms with Gasteiger partial charge < -0.3 is 19.9 Å². The van der Waals surface area contributed by atoms with Crippen LogP contribution in [0.3, 0.4) is 0 Å². The first-order chi connectivity index (χ1) is 17.3. The number of fused-ring (bicyclic) bond motifs is 1. The molecule has 1 aromatic heterocycles. The molecule has 0 aliphatic carbocycles. The molecule has 0 bridgehead atoms. The van der Waals surface area contributed by atoms with Crippen molar-refractivity contribution in [3.8, 4) is 5.69 Å². The molecule has 4 rings (SSSR count). The lowest BCUT2D eigenvalue weighted by atomic mass is 10.1. The molecule has 9 nitrogen and oxygen atoms in total. The van der Waals surface area contributed by atoms with Gasteiger partial charge in [-0.3, -0.25) is 9.59 Å². The third-order valence-corrected chi connectivity index (χ3v) is 6.37. The third kappa shape index (κ3) is 5.21. The minimum absolute atomic E-state index is 0.224. The molecular weight excluding hydrogens is 482 g/mol. The molecule has 0 unspecified atom stereocenters. The van der Waals surface area contributed by atoms with Gasteiger partial charge in [-0.25, -0.2) is 9.48 Å². The van der Waals surface area contributed by atoms with Crippen LogP contribution in [-0.2, 0) is 16.1 Å². The Morgan fingerprint density at radius 2 is 1.94 bits per heavy atom. The van der Waals surface area contributed by atoms with E-state index >= 15 is 0 Å². The molecule has 1 aliphatic heterocycles. The minimum Gasteiger partial charge on any atom is -0.465 e. The van der Waals surface area contributed by atoms with Crippen LogP contribution in [0.25, 0.3) is 5.69 Å². The first-order valence-electron chi connectivity index (χ1n) is 11.7. The molecule has 36 heavy (non-hydrogen) atoms. The molecule has 3 aromatic rings. The lowest BCUT2D eigenvalue weighted by Gasteiger charge is -2.29. The highest BCUT2D eigenvalue weighted by atomic mass is 35.5. The van der Waals surface area contributed by atoms with Crippen molar-refractivity contribution >= 4 is 35.2 Å². The van der Waals surface area contributed by atoms with Crippen molar-refractivity contribution in [2.24, 2.45) is 0 Å². The van der Waals surface area contributed by atoms with Gasteiger partial charge in [0.25, 0.3) is 5.91 Å². The summed E-state index contributed by atoms with van der Waals surface area (Å²) in [7, 11) is 0. The maximum absolute atomic E-state index is 13.7. The van der Waals surface area contributed by atoms with Gasteiger partial charge in [0.05, 0.1) is 22.9 Å². The average Bonchev–Trinajstić information content (AvgIpc) is 3.23. The number of aryl methyl sites for hydroxylation is 1. The van der Waals surface area contributed by atoms with Gasteiger partial charge in [-0.05, 0) is 56.7 Å². The lowest BCUT2D eigenvalue weighted by molar-refractivity contribution is -0.141. The SMILES string of the molecule is CCOC(=O)CNC(=O)N1Cc2ccccc2N(C(=O)c2ccc(-n3nccc3C)cc2Cl)C[C@H]1C. The van der Waals surface area contributed by atoms with Gasteiger partial charge >= 0.3 is 12.0 Å². The largest absolute Gasteiger partial charge is 0.465 e. The van der Waals surface area contributed by atoms with Crippen LogP contribution in [0.5, 0.6) is 0 Å². The van der Waals surface area contributed by atoms with E-state index in [0.29, 0.717) is 16.3 Å². The summed E-state index contributed by atoms with van der Waals surface area (Å²) in [5.41, 5.74) is 3.57. The van der Waals surface area contributed by atoms with Crippen molar-refractivity contribution in [3.63, 3.8) is 0 Å². The van der Waals surface area contributed by atoms with Crippen LogP contribution in [0.15, 0.2) is 54.7 Å². The van der Waals surface area contributed by atoms with Gasteiger partial charge in [0.1, 0.15) is 6.54 Å². The number of hydrogen-bond acceptors (Lipinski definition) is 5. The highest BCUT2D eigenvalue weighted by Crippen LogP contribution is 2.31. The Labute approximate surface area is 214 Å². The van der Waals surface area contributed by atoms with Gasteiger partial charge in [-0.15, -0.1) is 0 Å². The Kier molecular flexibility index (Phi) is 7.59. The summed E-state index contributed by atoms with van der Waals surface area (Å²) in [6, 6.07) is 13.8. The summed E-state index contributed by atoms with van der Waals surface area (Å²) < 4.78 is 6.64. The number of esters is 1. The number of rotatable bonds is 5. The Hall–Kier alpha value is -3.85. The number of nitrogens with zero attached hydrogens (tertiary/aromatic N) is 4. The van der Waals surface area contributed by atoms with Crippen LogP contribution in [0.4, 0.5) is 10.5 Å². The van der Waals surface area contributed by atoms with Gasteiger partial charge in [0.2, 0.25) is 0 Å². The molecule has 2 aromatic carbocycles. The highest BCUT2D eigenvalue weighted by Gasteiger charge is 2.32. The number of hydrogen-bond donors (Lipinski definition) is 1. The summed E-state index contributed by atoms with van der Waals surface area (Å²) in [6.45, 7) is 6.05. The maximum Gasteiger partial charge on any atom is 0.325 e. The smallest absolute Gasteiger partial charge is 0.325 e. The summed E-state index contributed by atoms with van der Waals surface area (Å²) in [5, 5.41) is 7.22.